The van der Waals surface area contributed by atoms with Gasteiger partial charge in [-0.3, -0.25) is 0 Å². The highest BCUT2D eigenvalue weighted by atomic mass is 35.5. The first-order chi connectivity index (χ1) is 9.31. The summed E-state index contributed by atoms with van der Waals surface area (Å²) in [5, 5.41) is 0.803. The van der Waals surface area contributed by atoms with Crippen LogP contribution in [0.3, 0.4) is 0 Å². The number of benzene rings is 2. The van der Waals surface area contributed by atoms with Crippen molar-refractivity contribution in [2.75, 3.05) is 0 Å². The van der Waals surface area contributed by atoms with Gasteiger partial charge in [-0.15, -0.1) is 0 Å². The Bertz CT molecular complexity index is 635. The van der Waals surface area contributed by atoms with Crippen LogP contribution in [0.1, 0.15) is 29.2 Å². The Morgan fingerprint density at radius 3 is 2.89 bits per heavy atom. The zero-order chi connectivity index (χ0) is 12.8. The zero-order valence-electron chi connectivity index (χ0n) is 10.6. The van der Waals surface area contributed by atoms with Crippen LogP contribution in [0.25, 0.3) is 0 Å². The quantitative estimate of drug-likeness (QED) is 0.681. The molecule has 2 heteroatoms. The Hall–Kier alpha value is -1.47. The lowest BCUT2D eigenvalue weighted by Gasteiger charge is -2.38. The maximum Gasteiger partial charge on any atom is 0.127 e. The molecule has 1 nitrogen and oxygen atoms in total. The first kappa shape index (κ1) is 11.4. The lowest BCUT2D eigenvalue weighted by Crippen LogP contribution is -2.30. The Balaban J connectivity index is 1.77. The van der Waals surface area contributed by atoms with E-state index in [4.69, 9.17) is 16.3 Å². The van der Waals surface area contributed by atoms with E-state index in [0.29, 0.717) is 5.92 Å². The van der Waals surface area contributed by atoms with Crippen molar-refractivity contribution in [1.82, 2.24) is 0 Å². The molecule has 2 aliphatic rings. The molecule has 19 heavy (non-hydrogen) atoms. The van der Waals surface area contributed by atoms with Crippen LogP contribution in [-0.4, -0.2) is 0 Å². The number of aryl methyl sites for hydroxylation is 1. The standard InChI is InChI=1S/C17H15ClO/c18-14-7-8-16-13(10-14)9-12-6-5-11-3-1-2-4-15(11)17(12)19-16/h1-4,7-8,10,12,17H,5-6,9H2. The topological polar surface area (TPSA) is 9.23 Å². The summed E-state index contributed by atoms with van der Waals surface area (Å²) in [6.07, 6.45) is 3.66. The van der Waals surface area contributed by atoms with Gasteiger partial charge >= 0.3 is 0 Å². The molecule has 2 atom stereocenters. The molecule has 0 spiro atoms. The maximum atomic E-state index is 6.26. The molecular formula is C17H15ClO. The highest BCUT2D eigenvalue weighted by molar-refractivity contribution is 6.30. The molecule has 4 rings (SSSR count). The van der Waals surface area contributed by atoms with E-state index in [9.17, 15) is 0 Å². The molecule has 0 aromatic heterocycles. The third-order valence-electron chi connectivity index (χ3n) is 4.33. The summed E-state index contributed by atoms with van der Waals surface area (Å²) in [5.74, 6) is 1.59. The molecule has 0 N–H and O–H groups in total. The molecule has 96 valence electrons. The number of halogens is 1. The Morgan fingerprint density at radius 1 is 1.05 bits per heavy atom. The first-order valence-electron chi connectivity index (χ1n) is 6.84. The summed E-state index contributed by atoms with van der Waals surface area (Å²) in [6.45, 7) is 0. The molecule has 0 radical (unpaired) electrons. The summed E-state index contributed by atoms with van der Waals surface area (Å²) in [7, 11) is 0. The second kappa shape index (κ2) is 4.28. The van der Waals surface area contributed by atoms with Crippen molar-refractivity contribution in [3.05, 3.63) is 64.2 Å². The van der Waals surface area contributed by atoms with E-state index >= 15 is 0 Å². The van der Waals surface area contributed by atoms with Crippen LogP contribution in [-0.2, 0) is 12.8 Å². The molecule has 1 aliphatic heterocycles. The first-order valence-corrected chi connectivity index (χ1v) is 7.22. The average molecular weight is 271 g/mol. The minimum absolute atomic E-state index is 0.221. The van der Waals surface area contributed by atoms with Crippen molar-refractivity contribution in [2.24, 2.45) is 5.92 Å². The van der Waals surface area contributed by atoms with Gasteiger partial charge < -0.3 is 4.74 Å². The fraction of sp³-hybridized carbons (Fsp3) is 0.294. The molecular weight excluding hydrogens is 256 g/mol. The monoisotopic (exact) mass is 270 g/mol. The van der Waals surface area contributed by atoms with Gasteiger partial charge in [-0.25, -0.2) is 0 Å². The number of hydrogen-bond acceptors (Lipinski definition) is 1. The van der Waals surface area contributed by atoms with Gasteiger partial charge in [0.05, 0.1) is 0 Å². The third-order valence-corrected chi connectivity index (χ3v) is 4.57. The fourth-order valence-electron chi connectivity index (χ4n) is 3.40. The van der Waals surface area contributed by atoms with Gasteiger partial charge in [-0.05, 0) is 54.2 Å². The van der Waals surface area contributed by atoms with Gasteiger partial charge in [0.15, 0.2) is 0 Å². The number of ether oxygens (including phenoxy) is 1. The van der Waals surface area contributed by atoms with Gasteiger partial charge in [0.25, 0.3) is 0 Å². The van der Waals surface area contributed by atoms with E-state index in [2.05, 4.69) is 24.3 Å². The minimum atomic E-state index is 0.221. The molecule has 1 heterocycles. The minimum Gasteiger partial charge on any atom is -0.485 e. The SMILES string of the molecule is Clc1ccc2c(c1)CC1CCc3ccccc3C1O2. The molecule has 2 aromatic carbocycles. The van der Waals surface area contributed by atoms with Crippen LogP contribution in [0.2, 0.25) is 5.02 Å². The van der Waals surface area contributed by atoms with Crippen molar-refractivity contribution < 1.29 is 4.74 Å². The fourth-order valence-corrected chi connectivity index (χ4v) is 3.59. The molecule has 2 aromatic rings. The van der Waals surface area contributed by atoms with Gasteiger partial charge in [-0.1, -0.05) is 35.9 Å². The zero-order valence-corrected chi connectivity index (χ0v) is 11.4. The van der Waals surface area contributed by atoms with Crippen molar-refractivity contribution in [3.8, 4) is 5.75 Å². The smallest absolute Gasteiger partial charge is 0.127 e. The summed E-state index contributed by atoms with van der Waals surface area (Å²) < 4.78 is 6.26. The molecule has 1 aliphatic carbocycles. The van der Waals surface area contributed by atoms with Crippen molar-refractivity contribution >= 4 is 11.6 Å². The summed E-state index contributed by atoms with van der Waals surface area (Å²) in [4.78, 5) is 0. The number of rotatable bonds is 0. The van der Waals surface area contributed by atoms with Gasteiger partial charge in [-0.2, -0.15) is 0 Å². The second-order valence-electron chi connectivity index (χ2n) is 5.49. The van der Waals surface area contributed by atoms with E-state index in [1.807, 2.05) is 18.2 Å². The summed E-state index contributed by atoms with van der Waals surface area (Å²) >= 11 is 6.08. The number of fused-ring (bicyclic) bond motifs is 4. The van der Waals surface area contributed by atoms with E-state index in [0.717, 1.165) is 23.6 Å². The van der Waals surface area contributed by atoms with Crippen LogP contribution in [0.5, 0.6) is 5.75 Å². The molecule has 0 amide bonds. The van der Waals surface area contributed by atoms with Gasteiger partial charge in [0.1, 0.15) is 11.9 Å². The molecule has 2 unspecified atom stereocenters. The van der Waals surface area contributed by atoms with Crippen molar-refractivity contribution in [3.63, 3.8) is 0 Å². The largest absolute Gasteiger partial charge is 0.485 e. The predicted octanol–water partition coefficient (Wildman–Crippen LogP) is 4.58. The average Bonchev–Trinajstić information content (AvgIpc) is 2.45. The van der Waals surface area contributed by atoms with Crippen LogP contribution >= 0.6 is 11.6 Å². The Morgan fingerprint density at radius 2 is 1.95 bits per heavy atom. The Labute approximate surface area is 118 Å². The normalized spacial score (nSPS) is 23.8. The van der Waals surface area contributed by atoms with E-state index in [-0.39, 0.29) is 6.10 Å². The summed E-state index contributed by atoms with van der Waals surface area (Å²) in [5.41, 5.74) is 4.08. The summed E-state index contributed by atoms with van der Waals surface area (Å²) in [6, 6.07) is 14.6. The lowest BCUT2D eigenvalue weighted by atomic mass is 9.77. The van der Waals surface area contributed by atoms with Crippen LogP contribution in [0, 0.1) is 5.92 Å². The van der Waals surface area contributed by atoms with E-state index < -0.39 is 0 Å². The van der Waals surface area contributed by atoms with Crippen molar-refractivity contribution in [1.29, 1.82) is 0 Å². The predicted molar refractivity (Wildman–Crippen MR) is 76.8 cm³/mol. The molecule has 0 fully saturated rings. The van der Waals surface area contributed by atoms with Crippen LogP contribution < -0.4 is 4.74 Å². The Kier molecular flexibility index (Phi) is 2.56. The maximum absolute atomic E-state index is 6.26. The van der Waals surface area contributed by atoms with Gasteiger partial charge in [0.2, 0.25) is 0 Å². The lowest BCUT2D eigenvalue weighted by molar-refractivity contribution is 0.0987. The van der Waals surface area contributed by atoms with E-state index in [1.54, 1.807) is 0 Å². The van der Waals surface area contributed by atoms with Gasteiger partial charge in [0, 0.05) is 10.9 Å². The van der Waals surface area contributed by atoms with Crippen LogP contribution in [0.15, 0.2) is 42.5 Å². The molecule has 0 bridgehead atoms. The third kappa shape index (κ3) is 1.84. The van der Waals surface area contributed by atoms with Crippen molar-refractivity contribution in [2.45, 2.75) is 25.4 Å². The molecule has 0 saturated heterocycles. The number of hydrogen-bond donors (Lipinski definition) is 0. The second-order valence-corrected chi connectivity index (χ2v) is 5.93. The highest BCUT2D eigenvalue weighted by Crippen LogP contribution is 2.45. The highest BCUT2D eigenvalue weighted by Gasteiger charge is 2.35. The van der Waals surface area contributed by atoms with E-state index in [1.165, 1.54) is 23.1 Å². The molecule has 0 saturated carbocycles. The van der Waals surface area contributed by atoms with Crippen LogP contribution in [0.4, 0.5) is 0 Å².